The van der Waals surface area contributed by atoms with Crippen molar-refractivity contribution in [1.82, 2.24) is 0 Å². The van der Waals surface area contributed by atoms with Gasteiger partial charge in [0.05, 0.1) is 6.61 Å². The second kappa shape index (κ2) is 6.76. The molecule has 0 saturated carbocycles. The standard InChI is InChI=1S/C15H22O3/c1-2-17-10-13(16)11-18-15-9-5-7-12-6-3-4-8-14(12)15/h5,7,9,13,16H,2-4,6,8,10-11H2,1H3. The van der Waals surface area contributed by atoms with Crippen LogP contribution in [0.3, 0.4) is 0 Å². The lowest BCUT2D eigenvalue weighted by Crippen LogP contribution is -2.24. The highest BCUT2D eigenvalue weighted by Gasteiger charge is 2.14. The van der Waals surface area contributed by atoms with Gasteiger partial charge in [-0.25, -0.2) is 0 Å². The predicted molar refractivity (Wildman–Crippen MR) is 71.1 cm³/mol. The van der Waals surface area contributed by atoms with Crippen LogP contribution in [0.4, 0.5) is 0 Å². The quantitative estimate of drug-likeness (QED) is 0.842. The fraction of sp³-hybridized carbons (Fsp3) is 0.600. The molecule has 0 amide bonds. The number of rotatable bonds is 6. The second-order valence-electron chi connectivity index (χ2n) is 4.73. The molecular weight excluding hydrogens is 228 g/mol. The summed E-state index contributed by atoms with van der Waals surface area (Å²) in [5.74, 6) is 0.933. The van der Waals surface area contributed by atoms with Crippen LogP contribution in [0.1, 0.15) is 30.9 Å². The van der Waals surface area contributed by atoms with Crippen LogP contribution >= 0.6 is 0 Å². The topological polar surface area (TPSA) is 38.7 Å². The van der Waals surface area contributed by atoms with Crippen molar-refractivity contribution in [2.75, 3.05) is 19.8 Å². The van der Waals surface area contributed by atoms with Crippen molar-refractivity contribution < 1.29 is 14.6 Å². The lowest BCUT2D eigenvalue weighted by atomic mass is 9.91. The zero-order valence-corrected chi connectivity index (χ0v) is 11.0. The SMILES string of the molecule is CCOCC(O)COc1cccc2c1CCCC2. The van der Waals surface area contributed by atoms with E-state index in [1.807, 2.05) is 19.1 Å². The third-order valence-electron chi connectivity index (χ3n) is 3.30. The zero-order valence-electron chi connectivity index (χ0n) is 11.0. The summed E-state index contributed by atoms with van der Waals surface area (Å²) in [6.45, 7) is 3.18. The maximum Gasteiger partial charge on any atom is 0.122 e. The largest absolute Gasteiger partial charge is 0.491 e. The molecule has 0 saturated heterocycles. The maximum atomic E-state index is 9.70. The van der Waals surface area contributed by atoms with Gasteiger partial charge < -0.3 is 14.6 Å². The summed E-state index contributed by atoms with van der Waals surface area (Å²) in [5, 5.41) is 9.70. The highest BCUT2D eigenvalue weighted by molar-refractivity contribution is 5.41. The van der Waals surface area contributed by atoms with Crippen molar-refractivity contribution in [3.05, 3.63) is 29.3 Å². The van der Waals surface area contributed by atoms with Crippen LogP contribution in [0.15, 0.2) is 18.2 Å². The van der Waals surface area contributed by atoms with E-state index in [-0.39, 0.29) is 0 Å². The molecule has 3 heteroatoms. The highest BCUT2D eigenvalue weighted by atomic mass is 16.5. The van der Waals surface area contributed by atoms with E-state index in [2.05, 4.69) is 6.07 Å². The van der Waals surface area contributed by atoms with Gasteiger partial charge >= 0.3 is 0 Å². The van der Waals surface area contributed by atoms with Crippen LogP contribution < -0.4 is 4.74 Å². The number of aryl methyl sites for hydroxylation is 1. The van der Waals surface area contributed by atoms with Crippen molar-refractivity contribution >= 4 is 0 Å². The summed E-state index contributed by atoms with van der Waals surface area (Å²) < 4.78 is 10.9. The molecule has 0 heterocycles. The minimum absolute atomic E-state index is 0.302. The molecule has 3 nitrogen and oxygen atoms in total. The molecule has 0 spiro atoms. The molecule has 18 heavy (non-hydrogen) atoms. The van der Waals surface area contributed by atoms with Crippen LogP contribution in [-0.2, 0) is 17.6 Å². The first-order chi connectivity index (χ1) is 8.81. The van der Waals surface area contributed by atoms with Gasteiger partial charge in [0, 0.05) is 6.61 Å². The van der Waals surface area contributed by atoms with Gasteiger partial charge in [0.2, 0.25) is 0 Å². The molecule has 1 atom stereocenters. The third kappa shape index (κ3) is 3.47. The normalized spacial score (nSPS) is 16.1. The van der Waals surface area contributed by atoms with E-state index in [1.165, 1.54) is 24.0 Å². The molecule has 0 aliphatic heterocycles. The number of ether oxygens (including phenoxy) is 2. The number of hydrogen-bond donors (Lipinski definition) is 1. The molecule has 0 fully saturated rings. The first-order valence-electron chi connectivity index (χ1n) is 6.80. The summed E-state index contributed by atoms with van der Waals surface area (Å²) >= 11 is 0. The Labute approximate surface area is 109 Å². The molecular formula is C15H22O3. The molecule has 2 rings (SSSR count). The van der Waals surface area contributed by atoms with Gasteiger partial charge in [-0.1, -0.05) is 12.1 Å². The van der Waals surface area contributed by atoms with Crippen molar-refractivity contribution in [2.24, 2.45) is 0 Å². The lowest BCUT2D eigenvalue weighted by molar-refractivity contribution is 0.0162. The van der Waals surface area contributed by atoms with Crippen molar-refractivity contribution in [1.29, 1.82) is 0 Å². The van der Waals surface area contributed by atoms with E-state index < -0.39 is 6.10 Å². The monoisotopic (exact) mass is 250 g/mol. The third-order valence-corrected chi connectivity index (χ3v) is 3.30. The fourth-order valence-corrected chi connectivity index (χ4v) is 2.37. The predicted octanol–water partition coefficient (Wildman–Crippen LogP) is 2.34. The molecule has 1 N–H and O–H groups in total. The van der Waals surface area contributed by atoms with Gasteiger partial charge in [0.1, 0.15) is 18.5 Å². The Morgan fingerprint density at radius 1 is 1.22 bits per heavy atom. The molecule has 1 unspecified atom stereocenters. The average molecular weight is 250 g/mol. The number of hydrogen-bond acceptors (Lipinski definition) is 3. The molecule has 100 valence electrons. The molecule has 1 aromatic rings. The van der Waals surface area contributed by atoms with E-state index in [4.69, 9.17) is 9.47 Å². The van der Waals surface area contributed by atoms with Gasteiger partial charge in [0.15, 0.2) is 0 Å². The average Bonchev–Trinajstić information content (AvgIpc) is 2.42. The minimum Gasteiger partial charge on any atom is -0.491 e. The first kappa shape index (κ1) is 13.4. The highest BCUT2D eigenvalue weighted by Crippen LogP contribution is 2.29. The van der Waals surface area contributed by atoms with E-state index in [0.717, 1.165) is 18.6 Å². The van der Waals surface area contributed by atoms with Crippen LogP contribution in [-0.4, -0.2) is 31.0 Å². The Hall–Kier alpha value is -1.06. The maximum absolute atomic E-state index is 9.70. The van der Waals surface area contributed by atoms with E-state index in [1.54, 1.807) is 0 Å². The van der Waals surface area contributed by atoms with E-state index in [9.17, 15) is 5.11 Å². The second-order valence-corrected chi connectivity index (χ2v) is 4.73. The van der Waals surface area contributed by atoms with Crippen molar-refractivity contribution in [2.45, 2.75) is 38.7 Å². The van der Waals surface area contributed by atoms with Crippen LogP contribution in [0.25, 0.3) is 0 Å². The summed E-state index contributed by atoms with van der Waals surface area (Å²) in [5.41, 5.74) is 2.73. The van der Waals surface area contributed by atoms with Gasteiger partial charge in [-0.15, -0.1) is 0 Å². The molecule has 0 bridgehead atoms. The van der Waals surface area contributed by atoms with Crippen molar-refractivity contribution in [3.63, 3.8) is 0 Å². The molecule has 1 aromatic carbocycles. The van der Waals surface area contributed by atoms with Gasteiger partial charge in [-0.2, -0.15) is 0 Å². The summed E-state index contributed by atoms with van der Waals surface area (Å²) in [6, 6.07) is 6.21. The molecule has 0 radical (unpaired) electrons. The van der Waals surface area contributed by atoms with Crippen LogP contribution in [0.5, 0.6) is 5.75 Å². The Morgan fingerprint density at radius 3 is 2.89 bits per heavy atom. The van der Waals surface area contributed by atoms with E-state index in [0.29, 0.717) is 19.8 Å². The van der Waals surface area contributed by atoms with Gasteiger partial charge in [0.25, 0.3) is 0 Å². The zero-order chi connectivity index (χ0) is 12.8. The summed E-state index contributed by atoms with van der Waals surface area (Å²) in [7, 11) is 0. The number of aliphatic hydroxyl groups excluding tert-OH is 1. The van der Waals surface area contributed by atoms with Gasteiger partial charge in [-0.3, -0.25) is 0 Å². The van der Waals surface area contributed by atoms with E-state index >= 15 is 0 Å². The minimum atomic E-state index is -0.551. The first-order valence-corrected chi connectivity index (χ1v) is 6.80. The fourth-order valence-electron chi connectivity index (χ4n) is 2.37. The van der Waals surface area contributed by atoms with Crippen LogP contribution in [0.2, 0.25) is 0 Å². The Bertz CT molecular complexity index is 376. The molecule has 0 aromatic heterocycles. The summed E-state index contributed by atoms with van der Waals surface area (Å²) in [6.07, 6.45) is 4.18. The van der Waals surface area contributed by atoms with Crippen molar-refractivity contribution in [3.8, 4) is 5.75 Å². The Balaban J connectivity index is 1.93. The number of benzene rings is 1. The Kier molecular flexibility index (Phi) is 5.02. The molecule has 1 aliphatic carbocycles. The van der Waals surface area contributed by atoms with Gasteiger partial charge in [-0.05, 0) is 49.8 Å². The van der Waals surface area contributed by atoms with Crippen LogP contribution in [0, 0.1) is 0 Å². The number of fused-ring (bicyclic) bond motifs is 1. The molecule has 1 aliphatic rings. The smallest absolute Gasteiger partial charge is 0.122 e. The Morgan fingerprint density at radius 2 is 2.06 bits per heavy atom. The summed E-state index contributed by atoms with van der Waals surface area (Å²) in [4.78, 5) is 0. The number of aliphatic hydroxyl groups is 1. The lowest BCUT2D eigenvalue weighted by Gasteiger charge is -2.20.